The zero-order chi connectivity index (χ0) is 17.8. The molecule has 1 saturated carbocycles. The number of fused-ring (bicyclic) bond motifs is 1. The first-order valence-corrected chi connectivity index (χ1v) is 11.0. The van der Waals surface area contributed by atoms with Crippen LogP contribution in [0, 0.1) is 0 Å². The summed E-state index contributed by atoms with van der Waals surface area (Å²) in [6, 6.07) is 8.09. The number of para-hydroxylation sites is 1. The van der Waals surface area contributed by atoms with Crippen molar-refractivity contribution in [3.8, 4) is 0 Å². The van der Waals surface area contributed by atoms with Crippen molar-refractivity contribution in [2.75, 3.05) is 26.2 Å². The van der Waals surface area contributed by atoms with Crippen LogP contribution in [0.25, 0.3) is 11.0 Å². The second-order valence-corrected chi connectivity index (χ2v) is 8.66. The average Bonchev–Trinajstić information content (AvgIpc) is 2.85. The number of carbonyl (C=O) groups excluding carboxylic acids is 1. The minimum atomic E-state index is 0. The smallest absolute Gasteiger partial charge is 0.289 e. The summed E-state index contributed by atoms with van der Waals surface area (Å²) in [6.45, 7) is 3.40. The molecule has 2 fully saturated rings. The normalized spacial score (nSPS) is 18.9. The van der Waals surface area contributed by atoms with E-state index in [-0.39, 0.29) is 18.3 Å². The Morgan fingerprint density at radius 2 is 1.93 bits per heavy atom. The van der Waals surface area contributed by atoms with Crippen LogP contribution in [0.3, 0.4) is 0 Å². The summed E-state index contributed by atoms with van der Waals surface area (Å²) < 4.78 is 6.07. The predicted octanol–water partition coefficient (Wildman–Crippen LogP) is 4.86. The Morgan fingerprint density at radius 1 is 1.11 bits per heavy atom. The van der Waals surface area contributed by atoms with E-state index in [1.54, 1.807) is 0 Å². The second kappa shape index (κ2) is 9.85. The van der Waals surface area contributed by atoms with Gasteiger partial charge in [0.25, 0.3) is 5.91 Å². The van der Waals surface area contributed by atoms with Gasteiger partial charge in [0.2, 0.25) is 0 Å². The van der Waals surface area contributed by atoms with Crippen molar-refractivity contribution in [1.82, 2.24) is 10.2 Å². The number of amides is 1. The first-order valence-electron chi connectivity index (χ1n) is 9.95. The lowest BCUT2D eigenvalue weighted by Gasteiger charge is -2.22. The van der Waals surface area contributed by atoms with Crippen molar-refractivity contribution in [1.29, 1.82) is 0 Å². The highest BCUT2D eigenvalue weighted by Gasteiger charge is 2.26. The summed E-state index contributed by atoms with van der Waals surface area (Å²) in [5.41, 5.74) is 1.93. The van der Waals surface area contributed by atoms with Gasteiger partial charge in [0, 0.05) is 41.6 Å². The number of benzene rings is 1. The van der Waals surface area contributed by atoms with Gasteiger partial charge < -0.3 is 14.6 Å². The zero-order valence-electron chi connectivity index (χ0n) is 15.7. The molecule has 0 unspecified atom stereocenters. The molecular weight excluding hydrogens is 380 g/mol. The molecule has 27 heavy (non-hydrogen) atoms. The van der Waals surface area contributed by atoms with Crippen LogP contribution in [0.15, 0.2) is 28.7 Å². The van der Waals surface area contributed by atoms with Gasteiger partial charge in [-0.3, -0.25) is 4.79 Å². The molecule has 2 aliphatic rings. The van der Waals surface area contributed by atoms with Gasteiger partial charge in [-0.1, -0.05) is 37.5 Å². The fourth-order valence-electron chi connectivity index (χ4n) is 4.04. The van der Waals surface area contributed by atoms with E-state index >= 15 is 0 Å². The zero-order valence-corrected chi connectivity index (χ0v) is 17.4. The number of carbonyl (C=O) groups is 1. The van der Waals surface area contributed by atoms with Crippen LogP contribution >= 0.6 is 24.2 Å². The van der Waals surface area contributed by atoms with Crippen molar-refractivity contribution >= 4 is 41.0 Å². The highest BCUT2D eigenvalue weighted by molar-refractivity contribution is 7.99. The van der Waals surface area contributed by atoms with Gasteiger partial charge in [0.1, 0.15) is 5.58 Å². The van der Waals surface area contributed by atoms with Crippen molar-refractivity contribution < 1.29 is 9.21 Å². The van der Waals surface area contributed by atoms with E-state index in [1.165, 1.54) is 32.1 Å². The number of hydrogen-bond donors (Lipinski definition) is 1. The summed E-state index contributed by atoms with van der Waals surface area (Å²) in [6.07, 6.45) is 7.67. The summed E-state index contributed by atoms with van der Waals surface area (Å²) in [5.74, 6) is 1.50. The van der Waals surface area contributed by atoms with Crippen LogP contribution in [0.1, 0.15) is 54.6 Å². The van der Waals surface area contributed by atoms with E-state index in [0.717, 1.165) is 60.1 Å². The first-order chi connectivity index (χ1) is 12.8. The lowest BCUT2D eigenvalue weighted by Crippen LogP contribution is -2.34. The Kier molecular flexibility index (Phi) is 7.50. The molecule has 2 heterocycles. The van der Waals surface area contributed by atoms with Crippen LogP contribution in [0.2, 0.25) is 0 Å². The van der Waals surface area contributed by atoms with Gasteiger partial charge in [-0.05, 0) is 31.9 Å². The number of halogens is 1. The Bertz CT molecular complexity index is 750. The van der Waals surface area contributed by atoms with Crippen LogP contribution in [-0.2, 0) is 5.75 Å². The lowest BCUT2D eigenvalue weighted by atomic mass is 10.0. The molecule has 1 aliphatic heterocycles. The molecule has 1 saturated heterocycles. The highest BCUT2D eigenvalue weighted by atomic mass is 35.5. The number of furan rings is 1. The maximum Gasteiger partial charge on any atom is 0.289 e. The van der Waals surface area contributed by atoms with E-state index in [9.17, 15) is 4.79 Å². The SMILES string of the molecule is Cl.O=C(c1oc2ccccc2c1CSC1CCCCC1)N1CCCNCC1. The quantitative estimate of drug-likeness (QED) is 0.784. The van der Waals surface area contributed by atoms with Gasteiger partial charge in [0.15, 0.2) is 5.76 Å². The molecule has 148 valence electrons. The summed E-state index contributed by atoms with van der Waals surface area (Å²) >= 11 is 2.01. The van der Waals surface area contributed by atoms with E-state index in [2.05, 4.69) is 11.4 Å². The summed E-state index contributed by atoms with van der Waals surface area (Å²) in [5, 5.41) is 5.19. The standard InChI is InChI=1S/C21H28N2O2S.ClH/c24-21(23-13-6-11-22-12-14-23)20-18(15-26-16-7-2-1-3-8-16)17-9-4-5-10-19(17)25-20;/h4-5,9-10,16,22H,1-3,6-8,11-15H2;1H. The van der Waals surface area contributed by atoms with Crippen LogP contribution in [0.5, 0.6) is 0 Å². The van der Waals surface area contributed by atoms with Crippen LogP contribution in [0.4, 0.5) is 0 Å². The largest absolute Gasteiger partial charge is 0.451 e. The second-order valence-electron chi connectivity index (χ2n) is 7.37. The fourth-order valence-corrected chi connectivity index (χ4v) is 5.40. The third kappa shape index (κ3) is 4.82. The van der Waals surface area contributed by atoms with E-state index in [4.69, 9.17) is 4.42 Å². The molecule has 0 spiro atoms. The molecule has 0 atom stereocenters. The molecular formula is C21H29ClN2O2S. The third-order valence-electron chi connectivity index (χ3n) is 5.54. The Labute approximate surface area is 171 Å². The summed E-state index contributed by atoms with van der Waals surface area (Å²) in [4.78, 5) is 15.1. The molecule has 1 aromatic carbocycles. The van der Waals surface area contributed by atoms with E-state index < -0.39 is 0 Å². The molecule has 1 N–H and O–H groups in total. The molecule has 0 radical (unpaired) electrons. The summed E-state index contributed by atoms with van der Waals surface area (Å²) in [7, 11) is 0. The maximum absolute atomic E-state index is 13.2. The number of hydrogen-bond acceptors (Lipinski definition) is 4. The van der Waals surface area contributed by atoms with Crippen molar-refractivity contribution in [3.05, 3.63) is 35.6 Å². The number of nitrogens with one attached hydrogen (secondary N) is 1. The Balaban J connectivity index is 0.00000210. The van der Waals surface area contributed by atoms with Crippen LogP contribution < -0.4 is 5.32 Å². The minimum absolute atomic E-state index is 0. The molecule has 0 bridgehead atoms. The molecule has 2 aromatic rings. The first kappa shape index (κ1) is 20.6. The van der Waals surface area contributed by atoms with Gasteiger partial charge in [-0.2, -0.15) is 11.8 Å². The molecule has 6 heteroatoms. The topological polar surface area (TPSA) is 45.5 Å². The minimum Gasteiger partial charge on any atom is -0.451 e. The Morgan fingerprint density at radius 3 is 2.78 bits per heavy atom. The average molecular weight is 409 g/mol. The molecule has 1 aliphatic carbocycles. The third-order valence-corrected chi connectivity index (χ3v) is 6.93. The molecule has 4 nitrogen and oxygen atoms in total. The van der Waals surface area contributed by atoms with Gasteiger partial charge >= 0.3 is 0 Å². The van der Waals surface area contributed by atoms with Gasteiger partial charge in [-0.15, -0.1) is 12.4 Å². The highest BCUT2D eigenvalue weighted by Crippen LogP contribution is 2.35. The molecule has 1 aromatic heterocycles. The van der Waals surface area contributed by atoms with E-state index in [0.29, 0.717) is 5.76 Å². The number of rotatable bonds is 4. The maximum atomic E-state index is 13.2. The molecule has 1 amide bonds. The van der Waals surface area contributed by atoms with Crippen LogP contribution in [-0.4, -0.2) is 42.2 Å². The number of nitrogens with zero attached hydrogens (tertiary/aromatic N) is 1. The van der Waals surface area contributed by atoms with Crippen molar-refractivity contribution in [2.24, 2.45) is 0 Å². The fraction of sp³-hybridized carbons (Fsp3) is 0.571. The molecule has 4 rings (SSSR count). The van der Waals surface area contributed by atoms with Crippen molar-refractivity contribution in [3.63, 3.8) is 0 Å². The monoisotopic (exact) mass is 408 g/mol. The Hall–Kier alpha value is -1.17. The van der Waals surface area contributed by atoms with E-state index in [1.807, 2.05) is 34.9 Å². The number of thioether (sulfide) groups is 1. The predicted molar refractivity (Wildman–Crippen MR) is 115 cm³/mol. The van der Waals surface area contributed by atoms with Gasteiger partial charge in [0.05, 0.1) is 0 Å². The lowest BCUT2D eigenvalue weighted by molar-refractivity contribution is 0.0735. The van der Waals surface area contributed by atoms with Gasteiger partial charge in [-0.25, -0.2) is 0 Å². The van der Waals surface area contributed by atoms with Crippen molar-refractivity contribution in [2.45, 2.75) is 49.5 Å².